The molecule has 0 fully saturated rings. The van der Waals surface area contributed by atoms with Crippen molar-refractivity contribution < 1.29 is 0 Å². The highest BCUT2D eigenvalue weighted by Crippen LogP contribution is 2.34. The van der Waals surface area contributed by atoms with Crippen LogP contribution in [0, 0.1) is 12.3 Å². The summed E-state index contributed by atoms with van der Waals surface area (Å²) in [6.07, 6.45) is 3.85. The van der Waals surface area contributed by atoms with Crippen molar-refractivity contribution in [3.63, 3.8) is 0 Å². The zero-order valence-electron chi connectivity index (χ0n) is 11.0. The van der Waals surface area contributed by atoms with E-state index in [2.05, 4.69) is 68.5 Å². The molecule has 0 saturated carbocycles. The number of benzene rings is 1. The molecular weight excluding hydrogens is 208 g/mol. The molecule has 1 aromatic carbocycles. The Labute approximate surface area is 103 Å². The second-order valence-corrected chi connectivity index (χ2v) is 5.68. The van der Waals surface area contributed by atoms with Crippen molar-refractivity contribution in [1.82, 2.24) is 5.32 Å². The van der Waals surface area contributed by atoms with E-state index in [0.29, 0.717) is 0 Å². The minimum absolute atomic E-state index is 0.133. The van der Waals surface area contributed by atoms with Crippen LogP contribution in [0.1, 0.15) is 31.9 Å². The lowest BCUT2D eigenvalue weighted by Gasteiger charge is -2.31. The van der Waals surface area contributed by atoms with Gasteiger partial charge in [0, 0.05) is 11.8 Å². The van der Waals surface area contributed by atoms with Crippen LogP contribution in [-0.4, -0.2) is 12.4 Å². The second kappa shape index (κ2) is 4.36. The summed E-state index contributed by atoms with van der Waals surface area (Å²) in [4.78, 5) is 4.58. The van der Waals surface area contributed by atoms with E-state index in [4.69, 9.17) is 0 Å². The van der Waals surface area contributed by atoms with Crippen LogP contribution in [0.15, 0.2) is 35.5 Å². The largest absolute Gasteiger partial charge is 0.353 e. The molecule has 1 N–H and O–H groups in total. The summed E-state index contributed by atoms with van der Waals surface area (Å²) < 4.78 is 0. The molecule has 0 radical (unpaired) electrons. The van der Waals surface area contributed by atoms with E-state index in [0.717, 1.165) is 0 Å². The molecule has 1 aromatic rings. The predicted molar refractivity (Wildman–Crippen MR) is 74.0 cm³/mol. The van der Waals surface area contributed by atoms with E-state index in [1.165, 1.54) is 16.7 Å². The van der Waals surface area contributed by atoms with Crippen LogP contribution in [0.3, 0.4) is 0 Å². The molecule has 2 heteroatoms. The first-order chi connectivity index (χ1) is 7.98. The molecule has 1 aliphatic heterocycles. The fourth-order valence-electron chi connectivity index (χ4n) is 2.16. The number of hydrogen-bond acceptors (Lipinski definition) is 2. The molecule has 1 atom stereocenters. The molecule has 0 amide bonds. The predicted octanol–water partition coefficient (Wildman–Crippen LogP) is 3.38. The third kappa shape index (κ3) is 2.57. The minimum Gasteiger partial charge on any atom is -0.353 e. The molecule has 2 nitrogen and oxygen atoms in total. The third-order valence-corrected chi connectivity index (χ3v) is 3.00. The topological polar surface area (TPSA) is 24.4 Å². The Morgan fingerprint density at radius 3 is 2.65 bits per heavy atom. The van der Waals surface area contributed by atoms with Gasteiger partial charge in [0.1, 0.15) is 0 Å². The number of nitrogens with one attached hydrogen (secondary N) is 1. The first-order valence-corrected chi connectivity index (χ1v) is 6.03. The van der Waals surface area contributed by atoms with Gasteiger partial charge in [-0.25, -0.2) is 0 Å². The van der Waals surface area contributed by atoms with Crippen LogP contribution in [0.5, 0.6) is 0 Å². The molecule has 1 heterocycles. The van der Waals surface area contributed by atoms with E-state index in [9.17, 15) is 0 Å². The van der Waals surface area contributed by atoms with Gasteiger partial charge in [-0.1, -0.05) is 50.6 Å². The fraction of sp³-hybridized carbons (Fsp3) is 0.400. The Morgan fingerprint density at radius 2 is 2.00 bits per heavy atom. The Morgan fingerprint density at radius 1 is 1.24 bits per heavy atom. The summed E-state index contributed by atoms with van der Waals surface area (Å²) in [5.41, 5.74) is 3.94. The second-order valence-electron chi connectivity index (χ2n) is 5.68. The van der Waals surface area contributed by atoms with E-state index < -0.39 is 0 Å². The lowest BCUT2D eigenvalue weighted by atomic mass is 9.80. The van der Waals surface area contributed by atoms with Crippen molar-refractivity contribution in [3.8, 4) is 0 Å². The Bertz CT molecular complexity index is 464. The maximum absolute atomic E-state index is 4.58. The maximum atomic E-state index is 4.58. The van der Waals surface area contributed by atoms with Gasteiger partial charge in [-0.15, -0.1) is 0 Å². The van der Waals surface area contributed by atoms with Crippen LogP contribution in [0.2, 0.25) is 0 Å². The van der Waals surface area contributed by atoms with Gasteiger partial charge < -0.3 is 5.32 Å². The molecule has 0 saturated heterocycles. The van der Waals surface area contributed by atoms with Crippen LogP contribution in [-0.2, 0) is 0 Å². The highest BCUT2D eigenvalue weighted by molar-refractivity contribution is 5.77. The van der Waals surface area contributed by atoms with Crippen LogP contribution in [0.4, 0.5) is 0 Å². The van der Waals surface area contributed by atoms with E-state index in [1.807, 2.05) is 0 Å². The first-order valence-electron chi connectivity index (χ1n) is 6.03. The smallest absolute Gasteiger partial charge is 0.0871 e. The van der Waals surface area contributed by atoms with Crippen molar-refractivity contribution in [3.05, 3.63) is 41.6 Å². The molecule has 1 unspecified atom stereocenters. The molecule has 2 rings (SSSR count). The summed E-state index contributed by atoms with van der Waals surface area (Å²) >= 11 is 0. The molecule has 17 heavy (non-hydrogen) atoms. The molecule has 0 bridgehead atoms. The number of nitrogens with zero attached hydrogens (tertiary/aromatic N) is 1. The quantitative estimate of drug-likeness (QED) is 0.783. The van der Waals surface area contributed by atoms with Crippen molar-refractivity contribution >= 4 is 11.9 Å². The van der Waals surface area contributed by atoms with Crippen molar-refractivity contribution in [2.75, 3.05) is 0 Å². The van der Waals surface area contributed by atoms with Gasteiger partial charge >= 0.3 is 0 Å². The normalized spacial score (nSPS) is 19.8. The molecule has 1 aliphatic rings. The number of hydrogen-bond donors (Lipinski definition) is 1. The SMILES string of the molecule is Cc1cccc(C2=CNC=NC2C(C)(C)C)c1. The molecular formula is C15H20N2. The summed E-state index contributed by atoms with van der Waals surface area (Å²) in [6, 6.07) is 8.80. The van der Waals surface area contributed by atoms with Gasteiger partial charge in [0.2, 0.25) is 0 Å². The molecule has 90 valence electrons. The van der Waals surface area contributed by atoms with Gasteiger partial charge in [0.25, 0.3) is 0 Å². The molecule has 0 aromatic heterocycles. The van der Waals surface area contributed by atoms with Crippen molar-refractivity contribution in [2.24, 2.45) is 10.4 Å². The van der Waals surface area contributed by atoms with E-state index in [1.54, 1.807) is 6.34 Å². The number of aliphatic imine (C=N–C) groups is 1. The first kappa shape index (κ1) is 11.9. The zero-order valence-corrected chi connectivity index (χ0v) is 11.0. The Kier molecular flexibility index (Phi) is 3.05. The van der Waals surface area contributed by atoms with Gasteiger partial charge in [-0.3, -0.25) is 4.99 Å². The van der Waals surface area contributed by atoms with Crippen LogP contribution >= 0.6 is 0 Å². The van der Waals surface area contributed by atoms with Crippen molar-refractivity contribution in [2.45, 2.75) is 33.7 Å². The highest BCUT2D eigenvalue weighted by Gasteiger charge is 2.29. The van der Waals surface area contributed by atoms with Gasteiger partial charge in [-0.2, -0.15) is 0 Å². The third-order valence-electron chi connectivity index (χ3n) is 3.00. The van der Waals surface area contributed by atoms with E-state index >= 15 is 0 Å². The summed E-state index contributed by atoms with van der Waals surface area (Å²) in [5, 5.41) is 3.10. The minimum atomic E-state index is 0.133. The fourth-order valence-corrected chi connectivity index (χ4v) is 2.16. The molecule has 0 aliphatic carbocycles. The number of rotatable bonds is 1. The highest BCUT2D eigenvalue weighted by atomic mass is 15.0. The monoisotopic (exact) mass is 228 g/mol. The lowest BCUT2D eigenvalue weighted by Crippen LogP contribution is -2.30. The Balaban J connectivity index is 2.40. The summed E-state index contributed by atoms with van der Waals surface area (Å²) in [7, 11) is 0. The molecule has 0 spiro atoms. The summed E-state index contributed by atoms with van der Waals surface area (Å²) in [6.45, 7) is 8.80. The maximum Gasteiger partial charge on any atom is 0.0871 e. The van der Waals surface area contributed by atoms with E-state index in [-0.39, 0.29) is 11.5 Å². The van der Waals surface area contributed by atoms with Gasteiger partial charge in [-0.05, 0) is 17.9 Å². The average molecular weight is 228 g/mol. The summed E-state index contributed by atoms with van der Waals surface area (Å²) in [5.74, 6) is 0. The average Bonchev–Trinajstić information content (AvgIpc) is 2.28. The zero-order chi connectivity index (χ0) is 12.5. The Hall–Kier alpha value is -1.57. The van der Waals surface area contributed by atoms with Gasteiger partial charge in [0.15, 0.2) is 0 Å². The lowest BCUT2D eigenvalue weighted by molar-refractivity contribution is 0.374. The van der Waals surface area contributed by atoms with Gasteiger partial charge in [0.05, 0.1) is 12.4 Å². The van der Waals surface area contributed by atoms with Crippen LogP contribution < -0.4 is 5.32 Å². The standard InChI is InChI=1S/C15H20N2/c1-11-6-5-7-12(8-11)13-9-16-10-17-14(13)15(2,3)4/h5-10,14H,1-4H3,(H,16,17). The van der Waals surface area contributed by atoms with Crippen LogP contribution in [0.25, 0.3) is 5.57 Å². The van der Waals surface area contributed by atoms with Crippen molar-refractivity contribution in [1.29, 1.82) is 0 Å². The number of aryl methyl sites for hydroxylation is 1.